The zero-order valence-corrected chi connectivity index (χ0v) is 14.9. The first-order chi connectivity index (χ1) is 10.3. The minimum Gasteiger partial charge on any atom is -0.346 e. The van der Waals surface area contributed by atoms with Gasteiger partial charge in [0, 0.05) is 24.2 Å². The summed E-state index contributed by atoms with van der Waals surface area (Å²) in [6.45, 7) is 3.55. The van der Waals surface area contributed by atoms with Crippen LogP contribution in [0.4, 0.5) is 5.13 Å². The number of aryl methyl sites for hydroxylation is 1. The molecule has 8 heteroatoms. The summed E-state index contributed by atoms with van der Waals surface area (Å²) in [6, 6.07) is 3.79. The smallest absolute Gasteiger partial charge is 0.209 e. The van der Waals surface area contributed by atoms with E-state index < -0.39 is 10.0 Å². The largest absolute Gasteiger partial charge is 0.346 e. The lowest BCUT2D eigenvalue weighted by atomic mass is 10.1. The van der Waals surface area contributed by atoms with Crippen molar-refractivity contribution in [1.82, 2.24) is 9.71 Å². The van der Waals surface area contributed by atoms with E-state index in [9.17, 15) is 8.42 Å². The quantitative estimate of drug-likeness (QED) is 0.915. The molecule has 0 amide bonds. The molecule has 0 aliphatic carbocycles. The average molecular weight is 360 g/mol. The highest BCUT2D eigenvalue weighted by atomic mass is 35.5. The molecule has 120 valence electrons. The number of halogens is 1. The van der Waals surface area contributed by atoms with Gasteiger partial charge in [0.25, 0.3) is 0 Å². The first kappa shape index (κ1) is 16.0. The molecule has 0 radical (unpaired) electrons. The second-order valence-electron chi connectivity index (χ2n) is 5.74. The minimum atomic E-state index is -3.18. The number of rotatable bonds is 3. The molecule has 5 nitrogen and oxygen atoms in total. The van der Waals surface area contributed by atoms with Gasteiger partial charge < -0.3 is 4.90 Å². The number of sulfonamides is 1. The van der Waals surface area contributed by atoms with Crippen molar-refractivity contribution >= 4 is 48.3 Å². The van der Waals surface area contributed by atoms with Gasteiger partial charge in [-0.1, -0.05) is 22.9 Å². The van der Waals surface area contributed by atoms with Crippen LogP contribution < -0.4 is 9.62 Å². The van der Waals surface area contributed by atoms with Crippen LogP contribution >= 0.6 is 22.9 Å². The summed E-state index contributed by atoms with van der Waals surface area (Å²) in [5.41, 5.74) is 2.04. The first-order valence-corrected chi connectivity index (χ1v) is 10.2. The topological polar surface area (TPSA) is 62.3 Å². The summed E-state index contributed by atoms with van der Waals surface area (Å²) in [5.74, 6) is 0. The van der Waals surface area contributed by atoms with E-state index in [1.54, 1.807) is 11.3 Å². The normalized spacial score (nSPS) is 19.8. The Labute approximate surface area is 139 Å². The third-order valence-corrected chi connectivity index (χ3v) is 5.75. The number of hydrogen-bond acceptors (Lipinski definition) is 5. The summed E-state index contributed by atoms with van der Waals surface area (Å²) in [6.07, 6.45) is 3.01. The van der Waals surface area contributed by atoms with Gasteiger partial charge in [-0.2, -0.15) is 0 Å². The van der Waals surface area contributed by atoms with Crippen LogP contribution in [0.25, 0.3) is 10.2 Å². The van der Waals surface area contributed by atoms with Crippen molar-refractivity contribution in [3.63, 3.8) is 0 Å². The third-order valence-electron chi connectivity index (χ3n) is 3.71. The molecule has 1 fully saturated rings. The molecular formula is C14H18ClN3O2S2. The van der Waals surface area contributed by atoms with Gasteiger partial charge in [-0.3, -0.25) is 0 Å². The van der Waals surface area contributed by atoms with Gasteiger partial charge in [0.05, 0.1) is 16.5 Å². The lowest BCUT2D eigenvalue weighted by Crippen LogP contribution is -2.47. The van der Waals surface area contributed by atoms with Gasteiger partial charge in [-0.05, 0) is 37.5 Å². The zero-order chi connectivity index (χ0) is 15.9. The van der Waals surface area contributed by atoms with Crippen LogP contribution in [0.3, 0.4) is 0 Å². The van der Waals surface area contributed by atoms with E-state index in [1.165, 1.54) is 6.26 Å². The predicted octanol–water partition coefficient (Wildman–Crippen LogP) is 2.78. The number of benzene rings is 1. The molecule has 1 unspecified atom stereocenters. The van der Waals surface area contributed by atoms with Gasteiger partial charge in [0.15, 0.2) is 5.13 Å². The Morgan fingerprint density at radius 3 is 2.95 bits per heavy atom. The van der Waals surface area contributed by atoms with Crippen LogP contribution in [0.2, 0.25) is 5.02 Å². The second-order valence-corrected chi connectivity index (χ2v) is 8.97. The maximum Gasteiger partial charge on any atom is 0.209 e. The number of aromatic nitrogens is 1. The summed E-state index contributed by atoms with van der Waals surface area (Å²) < 4.78 is 26.6. The second kappa shape index (κ2) is 5.96. The van der Waals surface area contributed by atoms with Gasteiger partial charge in [0.2, 0.25) is 10.0 Å². The molecule has 1 aliphatic heterocycles. The van der Waals surface area contributed by atoms with Crippen LogP contribution in [-0.2, 0) is 10.0 Å². The molecule has 1 aromatic carbocycles. The molecule has 1 atom stereocenters. The molecule has 1 N–H and O–H groups in total. The van der Waals surface area contributed by atoms with Crippen LogP contribution in [-0.4, -0.2) is 38.8 Å². The van der Waals surface area contributed by atoms with E-state index in [0.717, 1.165) is 45.3 Å². The van der Waals surface area contributed by atoms with Gasteiger partial charge in [0.1, 0.15) is 0 Å². The number of nitrogens with zero attached hydrogens (tertiary/aromatic N) is 2. The fraction of sp³-hybridized carbons (Fsp3) is 0.500. The Morgan fingerprint density at radius 2 is 2.23 bits per heavy atom. The zero-order valence-electron chi connectivity index (χ0n) is 12.5. The van der Waals surface area contributed by atoms with E-state index in [4.69, 9.17) is 16.6 Å². The van der Waals surface area contributed by atoms with E-state index in [0.29, 0.717) is 6.54 Å². The van der Waals surface area contributed by atoms with Crippen molar-refractivity contribution < 1.29 is 8.42 Å². The van der Waals surface area contributed by atoms with Gasteiger partial charge in [-0.25, -0.2) is 18.1 Å². The highest BCUT2D eigenvalue weighted by Gasteiger charge is 2.24. The maximum atomic E-state index is 11.4. The molecule has 0 spiro atoms. The Kier molecular flexibility index (Phi) is 4.33. The fourth-order valence-electron chi connectivity index (χ4n) is 2.83. The molecule has 1 aromatic heterocycles. The monoisotopic (exact) mass is 359 g/mol. The van der Waals surface area contributed by atoms with Crippen LogP contribution in [0.15, 0.2) is 12.1 Å². The summed E-state index contributed by atoms with van der Waals surface area (Å²) in [5, 5.41) is 1.65. The lowest BCUT2D eigenvalue weighted by molar-refractivity contribution is 0.467. The number of thiazole rings is 1. The molecule has 3 rings (SSSR count). The Hall–Kier alpha value is -0.890. The lowest BCUT2D eigenvalue weighted by Gasteiger charge is -2.32. The minimum absolute atomic E-state index is 0.0551. The summed E-state index contributed by atoms with van der Waals surface area (Å²) in [4.78, 5) is 6.87. The number of fused-ring (bicyclic) bond motifs is 1. The SMILES string of the molecule is Cc1cc(Cl)cc2sc(N3CCCC(NS(C)(=O)=O)C3)nc12. The number of nitrogens with one attached hydrogen (secondary N) is 1. The van der Waals surface area contributed by atoms with Crippen molar-refractivity contribution in [1.29, 1.82) is 0 Å². The van der Waals surface area contributed by atoms with Crippen molar-refractivity contribution in [2.24, 2.45) is 0 Å². The molecular weight excluding hydrogens is 342 g/mol. The maximum absolute atomic E-state index is 11.4. The summed E-state index contributed by atoms with van der Waals surface area (Å²) in [7, 11) is -3.18. The molecule has 2 heterocycles. The Morgan fingerprint density at radius 1 is 1.45 bits per heavy atom. The first-order valence-electron chi connectivity index (χ1n) is 7.11. The van der Waals surface area contributed by atoms with Crippen molar-refractivity contribution in [3.05, 3.63) is 22.7 Å². The predicted molar refractivity (Wildman–Crippen MR) is 92.6 cm³/mol. The molecule has 2 aromatic rings. The van der Waals surface area contributed by atoms with Gasteiger partial charge >= 0.3 is 0 Å². The Bertz CT molecular complexity index is 804. The molecule has 0 bridgehead atoms. The Balaban J connectivity index is 1.86. The van der Waals surface area contributed by atoms with Crippen LogP contribution in [0.1, 0.15) is 18.4 Å². The molecule has 1 saturated heterocycles. The summed E-state index contributed by atoms with van der Waals surface area (Å²) >= 11 is 7.71. The number of anilines is 1. The van der Waals surface area contributed by atoms with E-state index in [2.05, 4.69) is 9.62 Å². The van der Waals surface area contributed by atoms with E-state index >= 15 is 0 Å². The van der Waals surface area contributed by atoms with Crippen molar-refractivity contribution in [2.45, 2.75) is 25.8 Å². The van der Waals surface area contributed by atoms with E-state index in [1.807, 2.05) is 19.1 Å². The number of piperidine rings is 1. The van der Waals surface area contributed by atoms with E-state index in [-0.39, 0.29) is 6.04 Å². The average Bonchev–Trinajstić information content (AvgIpc) is 2.81. The van der Waals surface area contributed by atoms with Crippen LogP contribution in [0.5, 0.6) is 0 Å². The number of hydrogen-bond donors (Lipinski definition) is 1. The third kappa shape index (κ3) is 3.53. The molecule has 1 aliphatic rings. The van der Waals surface area contributed by atoms with Crippen LogP contribution in [0, 0.1) is 6.92 Å². The highest BCUT2D eigenvalue weighted by molar-refractivity contribution is 7.88. The van der Waals surface area contributed by atoms with Crippen molar-refractivity contribution in [2.75, 3.05) is 24.2 Å². The molecule has 0 saturated carbocycles. The fourth-order valence-corrected chi connectivity index (χ4v) is 5.08. The van der Waals surface area contributed by atoms with Crippen molar-refractivity contribution in [3.8, 4) is 0 Å². The molecule has 22 heavy (non-hydrogen) atoms. The standard InChI is InChI=1S/C14H18ClN3O2S2/c1-9-6-10(15)7-12-13(9)16-14(21-12)18-5-3-4-11(8-18)17-22(2,19)20/h6-7,11,17H,3-5,8H2,1-2H3. The van der Waals surface area contributed by atoms with Gasteiger partial charge in [-0.15, -0.1) is 0 Å². The highest BCUT2D eigenvalue weighted by Crippen LogP contribution is 2.34.